The van der Waals surface area contributed by atoms with E-state index in [0.717, 1.165) is 11.1 Å². The Bertz CT molecular complexity index is 497. The SMILES string of the molecule is Cc1ccc(S(=O)(=O)N(C)CC(C)Br)c(C)c1. The quantitative estimate of drug-likeness (QED) is 0.800. The third-order valence-electron chi connectivity index (χ3n) is 2.53. The smallest absolute Gasteiger partial charge is 0.207 e. The van der Waals surface area contributed by atoms with Crippen LogP contribution in [0.2, 0.25) is 0 Å². The van der Waals surface area contributed by atoms with Crippen LogP contribution in [-0.2, 0) is 10.0 Å². The van der Waals surface area contributed by atoms with Crippen molar-refractivity contribution in [1.82, 2.24) is 4.31 Å². The van der Waals surface area contributed by atoms with Crippen LogP contribution in [0.4, 0.5) is 0 Å². The number of nitrogens with zero attached hydrogens (tertiary/aromatic N) is 1. The summed E-state index contributed by atoms with van der Waals surface area (Å²) in [6, 6.07) is 5.39. The van der Waals surface area contributed by atoms with E-state index in [-0.39, 0.29) is 4.83 Å². The molecule has 0 amide bonds. The molecule has 96 valence electrons. The standard InChI is InChI=1S/C12H18BrNO2S/c1-9-5-6-12(10(2)7-9)17(15,16)14(4)8-11(3)13/h5-7,11H,8H2,1-4H3. The second-order valence-corrected chi connectivity index (χ2v) is 7.91. The topological polar surface area (TPSA) is 37.4 Å². The summed E-state index contributed by atoms with van der Waals surface area (Å²) in [5, 5.41) is 0. The van der Waals surface area contributed by atoms with Crippen molar-refractivity contribution in [2.24, 2.45) is 0 Å². The lowest BCUT2D eigenvalue weighted by molar-refractivity contribution is 0.473. The normalized spacial score (nSPS) is 14.0. The molecule has 3 nitrogen and oxygen atoms in total. The molecule has 0 spiro atoms. The van der Waals surface area contributed by atoms with Crippen LogP contribution in [0.3, 0.4) is 0 Å². The summed E-state index contributed by atoms with van der Waals surface area (Å²) in [5.41, 5.74) is 1.86. The van der Waals surface area contributed by atoms with Crippen LogP contribution in [0.5, 0.6) is 0 Å². The molecule has 1 unspecified atom stereocenters. The molecule has 17 heavy (non-hydrogen) atoms. The molecule has 0 N–H and O–H groups in total. The van der Waals surface area contributed by atoms with Gasteiger partial charge in [0, 0.05) is 18.4 Å². The van der Waals surface area contributed by atoms with Crippen LogP contribution in [0, 0.1) is 13.8 Å². The fraction of sp³-hybridized carbons (Fsp3) is 0.500. The van der Waals surface area contributed by atoms with E-state index in [1.807, 2.05) is 32.9 Å². The van der Waals surface area contributed by atoms with Crippen molar-refractivity contribution in [2.45, 2.75) is 30.5 Å². The Morgan fingerprint density at radius 2 is 1.94 bits per heavy atom. The van der Waals surface area contributed by atoms with Crippen molar-refractivity contribution in [3.8, 4) is 0 Å². The fourth-order valence-corrected chi connectivity index (χ4v) is 3.80. The maximum absolute atomic E-state index is 12.3. The van der Waals surface area contributed by atoms with E-state index in [1.165, 1.54) is 4.31 Å². The van der Waals surface area contributed by atoms with Crippen LogP contribution in [-0.4, -0.2) is 31.1 Å². The van der Waals surface area contributed by atoms with Crippen molar-refractivity contribution in [3.05, 3.63) is 29.3 Å². The molecule has 0 bridgehead atoms. The van der Waals surface area contributed by atoms with Gasteiger partial charge < -0.3 is 0 Å². The number of rotatable bonds is 4. The first-order valence-corrected chi connectivity index (χ1v) is 7.78. The monoisotopic (exact) mass is 319 g/mol. The minimum absolute atomic E-state index is 0.132. The minimum atomic E-state index is -3.38. The average Bonchev–Trinajstić information content (AvgIpc) is 2.15. The molecule has 0 aliphatic heterocycles. The highest BCUT2D eigenvalue weighted by Gasteiger charge is 2.23. The van der Waals surface area contributed by atoms with Crippen molar-refractivity contribution in [3.63, 3.8) is 0 Å². The average molecular weight is 320 g/mol. The van der Waals surface area contributed by atoms with Gasteiger partial charge in [-0.15, -0.1) is 0 Å². The molecule has 0 aliphatic carbocycles. The Morgan fingerprint density at radius 1 is 1.35 bits per heavy atom. The number of alkyl halides is 1. The maximum Gasteiger partial charge on any atom is 0.243 e. The Hall–Kier alpha value is -0.390. The Labute approximate surface area is 112 Å². The first kappa shape index (κ1) is 14.7. The number of hydrogen-bond acceptors (Lipinski definition) is 2. The molecular formula is C12H18BrNO2S. The van der Waals surface area contributed by atoms with Gasteiger partial charge in [-0.25, -0.2) is 8.42 Å². The molecule has 0 saturated carbocycles. The number of hydrogen-bond donors (Lipinski definition) is 0. The van der Waals surface area contributed by atoms with Crippen LogP contribution in [0.25, 0.3) is 0 Å². The summed E-state index contributed by atoms with van der Waals surface area (Å²) in [7, 11) is -1.77. The number of benzene rings is 1. The zero-order valence-electron chi connectivity index (χ0n) is 10.6. The second-order valence-electron chi connectivity index (χ2n) is 4.34. The molecule has 1 rings (SSSR count). The molecular weight excluding hydrogens is 302 g/mol. The van der Waals surface area contributed by atoms with Gasteiger partial charge >= 0.3 is 0 Å². The lowest BCUT2D eigenvalue weighted by atomic mass is 10.2. The van der Waals surface area contributed by atoms with Crippen molar-refractivity contribution < 1.29 is 8.42 Å². The molecule has 0 aliphatic rings. The summed E-state index contributed by atoms with van der Waals surface area (Å²) in [4.78, 5) is 0.520. The zero-order valence-corrected chi connectivity index (χ0v) is 13.0. The Balaban J connectivity index is 3.13. The van der Waals surface area contributed by atoms with Gasteiger partial charge in [0.15, 0.2) is 0 Å². The van der Waals surface area contributed by atoms with E-state index in [2.05, 4.69) is 15.9 Å². The van der Waals surface area contributed by atoms with E-state index in [9.17, 15) is 8.42 Å². The summed E-state index contributed by atoms with van der Waals surface area (Å²) < 4.78 is 26.0. The van der Waals surface area contributed by atoms with Gasteiger partial charge in [0.2, 0.25) is 10.0 Å². The third kappa shape index (κ3) is 3.53. The van der Waals surface area contributed by atoms with Gasteiger partial charge in [0.05, 0.1) is 4.90 Å². The Morgan fingerprint density at radius 3 is 2.41 bits per heavy atom. The molecule has 5 heteroatoms. The second kappa shape index (κ2) is 5.50. The number of sulfonamides is 1. The van der Waals surface area contributed by atoms with E-state index in [0.29, 0.717) is 11.4 Å². The molecule has 0 saturated heterocycles. The molecule has 1 aromatic rings. The third-order valence-corrected chi connectivity index (χ3v) is 4.80. The van der Waals surface area contributed by atoms with Gasteiger partial charge in [-0.2, -0.15) is 4.31 Å². The van der Waals surface area contributed by atoms with Gasteiger partial charge in [0.25, 0.3) is 0 Å². The lowest BCUT2D eigenvalue weighted by Crippen LogP contribution is -2.31. The van der Waals surface area contributed by atoms with Crippen LogP contribution < -0.4 is 0 Å². The number of aryl methyl sites for hydroxylation is 2. The van der Waals surface area contributed by atoms with E-state index in [4.69, 9.17) is 0 Å². The summed E-state index contributed by atoms with van der Waals surface area (Å²) >= 11 is 3.36. The van der Waals surface area contributed by atoms with Gasteiger partial charge in [-0.05, 0) is 25.5 Å². The molecule has 0 aromatic heterocycles. The highest BCUT2D eigenvalue weighted by Crippen LogP contribution is 2.20. The highest BCUT2D eigenvalue weighted by atomic mass is 79.9. The molecule has 1 aromatic carbocycles. The first-order chi connectivity index (χ1) is 7.75. The van der Waals surface area contributed by atoms with Gasteiger partial charge in [0.1, 0.15) is 0 Å². The molecule has 0 fully saturated rings. The summed E-state index contributed by atoms with van der Waals surface area (Å²) in [5.74, 6) is 0. The lowest BCUT2D eigenvalue weighted by Gasteiger charge is -2.19. The van der Waals surface area contributed by atoms with Crippen molar-refractivity contribution in [1.29, 1.82) is 0 Å². The van der Waals surface area contributed by atoms with E-state index < -0.39 is 10.0 Å². The largest absolute Gasteiger partial charge is 0.243 e. The van der Waals surface area contributed by atoms with Crippen LogP contribution >= 0.6 is 15.9 Å². The van der Waals surface area contributed by atoms with Crippen molar-refractivity contribution in [2.75, 3.05) is 13.6 Å². The van der Waals surface area contributed by atoms with Gasteiger partial charge in [-0.3, -0.25) is 0 Å². The predicted molar refractivity (Wildman–Crippen MR) is 74.1 cm³/mol. The van der Waals surface area contributed by atoms with Gasteiger partial charge in [-0.1, -0.05) is 40.5 Å². The number of halogens is 1. The maximum atomic E-state index is 12.3. The predicted octanol–water partition coefficient (Wildman–Crippen LogP) is 2.71. The summed E-state index contributed by atoms with van der Waals surface area (Å²) in [6.07, 6.45) is 0. The highest BCUT2D eigenvalue weighted by molar-refractivity contribution is 9.09. The van der Waals surface area contributed by atoms with E-state index in [1.54, 1.807) is 13.1 Å². The summed E-state index contributed by atoms with van der Waals surface area (Å²) in [6.45, 7) is 6.16. The Kier molecular flexibility index (Phi) is 4.75. The van der Waals surface area contributed by atoms with E-state index >= 15 is 0 Å². The first-order valence-electron chi connectivity index (χ1n) is 5.43. The minimum Gasteiger partial charge on any atom is -0.207 e. The molecule has 0 heterocycles. The van der Waals surface area contributed by atoms with Crippen molar-refractivity contribution >= 4 is 26.0 Å². The van der Waals surface area contributed by atoms with Crippen LogP contribution in [0.1, 0.15) is 18.1 Å². The fourth-order valence-electron chi connectivity index (χ4n) is 1.71. The molecule has 1 atom stereocenters. The zero-order chi connectivity index (χ0) is 13.2. The van der Waals surface area contributed by atoms with Crippen LogP contribution in [0.15, 0.2) is 23.1 Å². The molecule has 0 radical (unpaired) electrons.